The van der Waals surface area contributed by atoms with Crippen LogP contribution in [0.3, 0.4) is 0 Å². The third-order valence-electron chi connectivity index (χ3n) is 8.16. The number of hydrogen-bond acceptors (Lipinski definition) is 3. The van der Waals surface area contributed by atoms with Crippen LogP contribution in [-0.2, 0) is 0 Å². The van der Waals surface area contributed by atoms with Crippen LogP contribution < -0.4 is 4.90 Å². The van der Waals surface area contributed by atoms with Crippen molar-refractivity contribution in [2.75, 3.05) is 4.90 Å². The van der Waals surface area contributed by atoms with Crippen molar-refractivity contribution in [1.29, 1.82) is 0 Å². The average Bonchev–Trinajstić information content (AvgIpc) is 3.45. The lowest BCUT2D eigenvalue weighted by Crippen LogP contribution is -2.10. The molecule has 0 amide bonds. The maximum atomic E-state index is 11.8. The number of para-hydroxylation sites is 1. The number of phenols is 1. The van der Waals surface area contributed by atoms with Crippen molar-refractivity contribution in [3.05, 3.63) is 158 Å². The Kier molecular flexibility index (Phi) is 5.94. The van der Waals surface area contributed by atoms with Crippen molar-refractivity contribution in [3.63, 3.8) is 0 Å². The first-order chi connectivity index (χ1) is 21.2. The predicted octanol–water partition coefficient (Wildman–Crippen LogP) is 11.2. The van der Waals surface area contributed by atoms with E-state index in [2.05, 4.69) is 89.8 Å². The molecule has 0 saturated heterocycles. The Hall–Kier alpha value is -5.80. The Morgan fingerprint density at radius 1 is 0.465 bits per heavy atom. The van der Waals surface area contributed by atoms with Crippen LogP contribution in [0.5, 0.6) is 5.75 Å². The molecule has 0 aliphatic rings. The van der Waals surface area contributed by atoms with Crippen LogP contribution in [0.1, 0.15) is 0 Å². The summed E-state index contributed by atoms with van der Waals surface area (Å²) >= 11 is 0. The minimum Gasteiger partial charge on any atom is -0.505 e. The summed E-state index contributed by atoms with van der Waals surface area (Å²) in [5.41, 5.74) is 8.13. The molecule has 8 aromatic rings. The molecule has 1 N–H and O–H groups in total. The van der Waals surface area contributed by atoms with Gasteiger partial charge in [0.2, 0.25) is 0 Å². The van der Waals surface area contributed by atoms with Gasteiger partial charge in [-0.1, -0.05) is 115 Å². The van der Waals surface area contributed by atoms with Crippen LogP contribution in [0, 0.1) is 0 Å². The van der Waals surface area contributed by atoms with Gasteiger partial charge in [-0.05, 0) is 63.9 Å². The Balaban J connectivity index is 1.35. The van der Waals surface area contributed by atoms with E-state index in [0.29, 0.717) is 5.69 Å². The molecule has 0 radical (unpaired) electrons. The maximum Gasteiger partial charge on any atom is 0.147 e. The molecule has 0 saturated carbocycles. The Morgan fingerprint density at radius 2 is 1.16 bits per heavy atom. The van der Waals surface area contributed by atoms with Crippen LogP contribution in [-0.4, -0.2) is 5.11 Å². The van der Waals surface area contributed by atoms with Crippen molar-refractivity contribution in [2.24, 2.45) is 0 Å². The van der Waals surface area contributed by atoms with E-state index in [4.69, 9.17) is 4.42 Å². The van der Waals surface area contributed by atoms with E-state index in [-0.39, 0.29) is 5.75 Å². The monoisotopic (exact) mass is 553 g/mol. The predicted molar refractivity (Wildman–Crippen MR) is 178 cm³/mol. The SMILES string of the molecule is Oc1c(-c2ccccc2)cccc1N(c1cccc(-c2ccccc2)c1)c1ccc2c(c1)oc1ccc3ccccc3c12. The zero-order chi connectivity index (χ0) is 28.8. The van der Waals surface area contributed by atoms with Gasteiger partial charge in [0.1, 0.15) is 16.9 Å². The number of phenolic OH excluding ortho intramolecular Hbond substituents is 1. The van der Waals surface area contributed by atoms with Crippen molar-refractivity contribution in [1.82, 2.24) is 0 Å². The van der Waals surface area contributed by atoms with Gasteiger partial charge in [0.15, 0.2) is 0 Å². The lowest BCUT2D eigenvalue weighted by atomic mass is 10.0. The molecule has 3 heteroatoms. The van der Waals surface area contributed by atoms with E-state index in [1.807, 2.05) is 72.8 Å². The van der Waals surface area contributed by atoms with Gasteiger partial charge in [-0.3, -0.25) is 0 Å². The van der Waals surface area contributed by atoms with Gasteiger partial charge >= 0.3 is 0 Å². The van der Waals surface area contributed by atoms with Crippen molar-refractivity contribution < 1.29 is 9.52 Å². The molecule has 0 aliphatic heterocycles. The smallest absolute Gasteiger partial charge is 0.147 e. The summed E-state index contributed by atoms with van der Waals surface area (Å²) in [4.78, 5) is 2.11. The van der Waals surface area contributed by atoms with E-state index in [0.717, 1.165) is 55.6 Å². The van der Waals surface area contributed by atoms with E-state index in [9.17, 15) is 5.11 Å². The first-order valence-corrected chi connectivity index (χ1v) is 14.4. The second kappa shape index (κ2) is 10.2. The molecule has 1 aromatic heterocycles. The Labute approximate surface area is 249 Å². The van der Waals surface area contributed by atoms with Gasteiger partial charge in [0, 0.05) is 28.1 Å². The number of anilines is 3. The lowest BCUT2D eigenvalue weighted by Gasteiger charge is -2.27. The molecule has 43 heavy (non-hydrogen) atoms. The van der Waals surface area contributed by atoms with Gasteiger partial charge in [0.05, 0.1) is 11.4 Å². The molecule has 7 aromatic carbocycles. The van der Waals surface area contributed by atoms with E-state index in [1.54, 1.807) is 0 Å². The molecule has 3 nitrogen and oxygen atoms in total. The van der Waals surface area contributed by atoms with Gasteiger partial charge in [-0.15, -0.1) is 0 Å². The highest BCUT2D eigenvalue weighted by atomic mass is 16.3. The van der Waals surface area contributed by atoms with Crippen LogP contribution in [0.25, 0.3) is 55.0 Å². The van der Waals surface area contributed by atoms with E-state index in [1.165, 1.54) is 10.8 Å². The number of nitrogens with zero attached hydrogens (tertiary/aromatic N) is 1. The Morgan fingerprint density at radius 3 is 2.00 bits per heavy atom. The third-order valence-corrected chi connectivity index (χ3v) is 8.16. The third kappa shape index (κ3) is 4.30. The summed E-state index contributed by atoms with van der Waals surface area (Å²) in [6.07, 6.45) is 0. The Bertz CT molecular complexity index is 2250. The molecule has 204 valence electrons. The fraction of sp³-hybridized carbons (Fsp3) is 0. The lowest BCUT2D eigenvalue weighted by molar-refractivity contribution is 0.478. The molecule has 0 spiro atoms. The second-order valence-corrected chi connectivity index (χ2v) is 10.7. The van der Waals surface area contributed by atoms with Crippen molar-refractivity contribution in [3.8, 4) is 28.0 Å². The number of benzene rings is 7. The molecular weight excluding hydrogens is 526 g/mol. The number of furan rings is 1. The van der Waals surface area contributed by atoms with Crippen LogP contribution in [0.15, 0.2) is 162 Å². The largest absolute Gasteiger partial charge is 0.505 e. The molecular formula is C40H27NO2. The molecule has 8 rings (SSSR count). The highest BCUT2D eigenvalue weighted by Gasteiger charge is 2.21. The summed E-state index contributed by atoms with van der Waals surface area (Å²) in [7, 11) is 0. The van der Waals surface area contributed by atoms with Gasteiger partial charge in [-0.25, -0.2) is 0 Å². The maximum absolute atomic E-state index is 11.8. The number of fused-ring (bicyclic) bond motifs is 5. The molecule has 0 aliphatic carbocycles. The number of rotatable bonds is 5. The first kappa shape index (κ1) is 25.0. The van der Waals surface area contributed by atoms with Crippen LogP contribution in [0.4, 0.5) is 17.1 Å². The number of aromatic hydroxyl groups is 1. The molecule has 0 fully saturated rings. The zero-order valence-corrected chi connectivity index (χ0v) is 23.3. The quantitative estimate of drug-likeness (QED) is 0.230. The second-order valence-electron chi connectivity index (χ2n) is 10.7. The highest BCUT2D eigenvalue weighted by Crippen LogP contribution is 2.46. The zero-order valence-electron chi connectivity index (χ0n) is 23.3. The van der Waals surface area contributed by atoms with Crippen LogP contribution >= 0.6 is 0 Å². The summed E-state index contributed by atoms with van der Waals surface area (Å²) in [6.45, 7) is 0. The van der Waals surface area contributed by atoms with Gasteiger partial charge < -0.3 is 14.4 Å². The van der Waals surface area contributed by atoms with Gasteiger partial charge in [-0.2, -0.15) is 0 Å². The minimum atomic E-state index is 0.217. The topological polar surface area (TPSA) is 36.6 Å². The first-order valence-electron chi connectivity index (χ1n) is 14.4. The van der Waals surface area contributed by atoms with Gasteiger partial charge in [0.25, 0.3) is 0 Å². The molecule has 0 atom stereocenters. The summed E-state index contributed by atoms with van der Waals surface area (Å²) in [6, 6.07) is 53.6. The number of hydrogen-bond donors (Lipinski definition) is 1. The van der Waals surface area contributed by atoms with Crippen molar-refractivity contribution >= 4 is 49.8 Å². The summed E-state index contributed by atoms with van der Waals surface area (Å²) < 4.78 is 6.45. The standard InChI is InChI=1S/C40H27NO2/c42-40-34(28-13-5-2-6-14-28)19-10-20-36(40)41(31-17-9-16-30(25-31)27-11-3-1-4-12-27)32-22-23-35-38(26-32)43-37-24-21-29-15-7-8-18-33(29)39(35)37/h1-26,42H. The van der Waals surface area contributed by atoms with E-state index < -0.39 is 0 Å². The fourth-order valence-corrected chi connectivity index (χ4v) is 6.12. The molecule has 1 heterocycles. The average molecular weight is 554 g/mol. The normalized spacial score (nSPS) is 11.3. The fourth-order valence-electron chi connectivity index (χ4n) is 6.12. The molecule has 0 unspecified atom stereocenters. The van der Waals surface area contributed by atoms with Crippen molar-refractivity contribution in [2.45, 2.75) is 0 Å². The highest BCUT2D eigenvalue weighted by molar-refractivity contribution is 6.19. The molecule has 0 bridgehead atoms. The minimum absolute atomic E-state index is 0.217. The van der Waals surface area contributed by atoms with Crippen LogP contribution in [0.2, 0.25) is 0 Å². The summed E-state index contributed by atoms with van der Waals surface area (Å²) in [5.74, 6) is 0.217. The summed E-state index contributed by atoms with van der Waals surface area (Å²) in [5, 5.41) is 16.3. The van der Waals surface area contributed by atoms with E-state index >= 15 is 0 Å².